The number of rotatable bonds is 13. The molecule has 3 aliphatic rings. The normalized spacial score (nSPS) is 32.2. The third-order valence-electron chi connectivity index (χ3n) is 15.3. The van der Waals surface area contributed by atoms with Crippen LogP contribution in [0.3, 0.4) is 0 Å². The molecule has 0 aromatic heterocycles. The Morgan fingerprint density at radius 3 is 1.94 bits per heavy atom. The molecule has 2 aromatic rings. The van der Waals surface area contributed by atoms with Crippen molar-refractivity contribution in [3.05, 3.63) is 95.3 Å². The number of benzene rings is 2. The molecule has 13 nitrogen and oxygen atoms in total. The number of esters is 2. The number of fused-ring (bicyclic) bond motifs is 3. The van der Waals surface area contributed by atoms with Crippen LogP contribution in [0, 0.1) is 28.1 Å². The van der Waals surface area contributed by atoms with Crippen LogP contribution < -0.4 is 5.32 Å². The van der Waals surface area contributed by atoms with Crippen LogP contribution in [0.15, 0.2) is 84.1 Å². The smallest absolute Gasteiger partial charge is 0.408 e. The summed E-state index contributed by atoms with van der Waals surface area (Å²) in [6.07, 6.45) is -4.44. The van der Waals surface area contributed by atoms with E-state index in [0.29, 0.717) is 17.6 Å². The molecule has 2 aromatic carbocycles. The molecule has 3 aliphatic carbocycles. The lowest BCUT2D eigenvalue weighted by Crippen LogP contribution is -2.81. The van der Waals surface area contributed by atoms with Gasteiger partial charge in [-0.3, -0.25) is 9.59 Å². The summed E-state index contributed by atoms with van der Waals surface area (Å²) in [5.74, 6) is -2.40. The fourth-order valence-electron chi connectivity index (χ4n) is 11.7. The molecule has 3 unspecified atom stereocenters. The fraction of sp³-hybridized carbons (Fsp3) is 0.630. The lowest BCUT2D eigenvalue weighted by molar-refractivity contribution is -0.318. The van der Waals surface area contributed by atoms with E-state index in [9.17, 15) is 19.5 Å². The summed E-state index contributed by atoms with van der Waals surface area (Å²) in [4.78, 5) is 57.5. The number of Topliss-reactive ketones (excluding diaryl/α,β-unsaturated/α-hetero) is 1. The van der Waals surface area contributed by atoms with Gasteiger partial charge in [0.25, 0.3) is 0 Å². The summed E-state index contributed by atoms with van der Waals surface area (Å²) >= 11 is 0. The molecular weight excluding hydrogens is 855 g/mol. The lowest BCUT2D eigenvalue weighted by atomic mass is 9.37. The van der Waals surface area contributed by atoms with Gasteiger partial charge in [-0.1, -0.05) is 110 Å². The average molecular weight is 936 g/mol. The number of carbonyl (C=O) groups excluding carboxylic acids is 4. The predicted octanol–water partition coefficient (Wildman–Crippen LogP) is 9.89. The van der Waals surface area contributed by atoms with Crippen molar-refractivity contribution in [3.63, 3.8) is 0 Å². The van der Waals surface area contributed by atoms with E-state index in [1.165, 1.54) is 14.0 Å². The minimum Gasteiger partial charge on any atom is -0.491 e. The number of aliphatic hydroxyl groups is 2. The van der Waals surface area contributed by atoms with Crippen LogP contribution in [0.2, 0.25) is 0 Å². The first-order valence-electron chi connectivity index (χ1n) is 23.7. The number of nitrogens with one attached hydrogen (secondary N) is 1. The van der Waals surface area contributed by atoms with Crippen molar-refractivity contribution in [2.75, 3.05) is 21.3 Å². The Labute approximate surface area is 400 Å². The van der Waals surface area contributed by atoms with Crippen LogP contribution in [0.4, 0.5) is 4.79 Å². The maximum atomic E-state index is 16.1. The van der Waals surface area contributed by atoms with Gasteiger partial charge in [0.2, 0.25) is 0 Å². The molecular formula is C54H81NO12. The molecule has 12 atom stereocenters. The minimum absolute atomic E-state index is 0.136. The first kappa shape index (κ1) is 56.8. The highest BCUT2D eigenvalue weighted by atomic mass is 16.6. The quantitative estimate of drug-likeness (QED) is 0.0751. The maximum Gasteiger partial charge on any atom is 0.408 e. The zero-order valence-electron chi connectivity index (χ0n) is 43.3. The summed E-state index contributed by atoms with van der Waals surface area (Å²) in [5, 5.41) is 24.3. The molecule has 0 radical (unpaired) electrons. The number of hydrogen-bond acceptors (Lipinski definition) is 12. The fourth-order valence-corrected chi connectivity index (χ4v) is 11.7. The van der Waals surface area contributed by atoms with Crippen molar-refractivity contribution in [3.8, 4) is 0 Å². The first-order chi connectivity index (χ1) is 31.4. The Kier molecular flexibility index (Phi) is 18.8. The highest BCUT2D eigenvalue weighted by Crippen LogP contribution is 2.70. The van der Waals surface area contributed by atoms with Gasteiger partial charge < -0.3 is 44.0 Å². The lowest BCUT2D eigenvalue weighted by Gasteiger charge is -2.70. The van der Waals surface area contributed by atoms with Crippen molar-refractivity contribution in [1.82, 2.24) is 5.32 Å². The van der Waals surface area contributed by atoms with Crippen molar-refractivity contribution in [2.24, 2.45) is 28.1 Å². The minimum atomic E-state index is -2.04. The molecule has 0 aliphatic heterocycles. The number of carbonyl (C=O) groups is 4. The van der Waals surface area contributed by atoms with E-state index in [1.54, 1.807) is 65.1 Å². The van der Waals surface area contributed by atoms with Gasteiger partial charge in [-0.2, -0.15) is 0 Å². The van der Waals surface area contributed by atoms with Gasteiger partial charge in [0, 0.05) is 46.0 Å². The third-order valence-corrected chi connectivity index (χ3v) is 15.3. The Morgan fingerprint density at radius 1 is 0.910 bits per heavy atom. The SMILES string of the molecule is C=C(O[C@H]1C[C@@]2(O)[C@@H](OC(=O)c3ccccc3)[C@]3(C)[C@@](CC)(OC(C)=O)[C@H](C)CC(OC)[C@@]3(C)C(=O)C(OC)C(=C1C)[C@]2(C)CC)[C@H](C)C(NC(=O)OC(C)(C)C)c1ccccc1.CC.CO. The van der Waals surface area contributed by atoms with Gasteiger partial charge >= 0.3 is 18.0 Å². The van der Waals surface area contributed by atoms with Gasteiger partial charge in [-0.25, -0.2) is 9.59 Å². The molecule has 3 N–H and O–H groups in total. The second kappa shape index (κ2) is 22.2. The van der Waals surface area contributed by atoms with Crippen LogP contribution in [-0.2, 0) is 38.0 Å². The molecule has 0 spiro atoms. The molecule has 1 amide bonds. The summed E-state index contributed by atoms with van der Waals surface area (Å²) in [6.45, 7) is 30.1. The monoisotopic (exact) mass is 936 g/mol. The summed E-state index contributed by atoms with van der Waals surface area (Å²) in [5.41, 5.74) is -6.68. The van der Waals surface area contributed by atoms with Crippen LogP contribution in [0.25, 0.3) is 0 Å². The van der Waals surface area contributed by atoms with Crippen molar-refractivity contribution >= 4 is 23.8 Å². The van der Waals surface area contributed by atoms with E-state index in [1.807, 2.05) is 92.6 Å². The average Bonchev–Trinajstić information content (AvgIpc) is 3.30. The first-order valence-corrected chi connectivity index (χ1v) is 23.7. The van der Waals surface area contributed by atoms with Crippen molar-refractivity contribution in [2.45, 2.75) is 170 Å². The molecule has 374 valence electrons. The van der Waals surface area contributed by atoms with Crippen LogP contribution in [-0.4, -0.2) is 96.6 Å². The topological polar surface area (TPSA) is 176 Å². The van der Waals surface area contributed by atoms with E-state index in [2.05, 4.69) is 11.9 Å². The molecule has 5 rings (SSSR count). The zero-order valence-corrected chi connectivity index (χ0v) is 43.3. The van der Waals surface area contributed by atoms with Crippen LogP contribution in [0.5, 0.6) is 0 Å². The summed E-state index contributed by atoms with van der Waals surface area (Å²) in [6, 6.07) is 17.3. The van der Waals surface area contributed by atoms with Gasteiger partial charge in [-0.15, -0.1) is 0 Å². The molecule has 13 heteroatoms. The standard InChI is InChI=1S/C51H71NO11.C2H6.CH4O/c1-16-47(11)39-32(5)37(60-33(6)31(4)40(35-24-20-18-21-25-35)52-45(56)63-46(8,9)10)29-50(47,57)44(61-43(55)36-26-22-19-23-27-36)49(13)48(12,42(54)41(39)59-15)38(58-14)28-30(3)51(49,17-2)62-34(7)53;2*1-2/h18-27,30-31,37-38,40-41,44,57H,6,16-17,28-29H2,1-5,7-15H3,(H,52,56);1-2H3;2H,1H3/t30-,31+,37+,38?,40?,41?,44+,47+,48+,49+,50-,51+;;/m1../s1. The largest absolute Gasteiger partial charge is 0.491 e. The summed E-state index contributed by atoms with van der Waals surface area (Å²) < 4.78 is 38.6. The molecule has 2 fully saturated rings. The van der Waals surface area contributed by atoms with Crippen LogP contribution >= 0.6 is 0 Å². The number of ketones is 1. The van der Waals surface area contributed by atoms with E-state index >= 15 is 4.79 Å². The predicted molar refractivity (Wildman–Crippen MR) is 259 cm³/mol. The van der Waals surface area contributed by atoms with Gasteiger partial charge in [0.15, 0.2) is 5.78 Å². The summed E-state index contributed by atoms with van der Waals surface area (Å²) in [7, 11) is 4.01. The van der Waals surface area contributed by atoms with Crippen LogP contribution in [0.1, 0.15) is 145 Å². The third kappa shape index (κ3) is 9.99. The zero-order chi connectivity index (χ0) is 51.1. The van der Waals surface area contributed by atoms with Gasteiger partial charge in [0.1, 0.15) is 35.1 Å². The van der Waals surface area contributed by atoms with Gasteiger partial charge in [0.05, 0.1) is 34.3 Å². The Morgan fingerprint density at radius 2 is 1.46 bits per heavy atom. The van der Waals surface area contributed by atoms with Crippen molar-refractivity contribution < 1.29 is 57.8 Å². The highest BCUT2D eigenvalue weighted by Gasteiger charge is 2.81. The second-order valence-electron chi connectivity index (χ2n) is 19.5. The number of hydrogen-bond donors (Lipinski definition) is 3. The Hall–Kier alpha value is -4.56. The molecule has 67 heavy (non-hydrogen) atoms. The molecule has 2 bridgehead atoms. The number of alkyl carbamates (subject to hydrolysis) is 1. The number of aliphatic hydroxyl groups excluding tert-OH is 1. The number of ether oxygens (including phenoxy) is 6. The number of methoxy groups -OCH3 is 2. The Balaban J connectivity index is 0.00000289. The maximum absolute atomic E-state index is 16.1. The van der Waals surface area contributed by atoms with E-state index in [0.717, 1.165) is 12.7 Å². The van der Waals surface area contributed by atoms with E-state index < -0.39 is 93.4 Å². The molecule has 0 saturated heterocycles. The Bertz CT molecular complexity index is 2070. The van der Waals surface area contributed by atoms with E-state index in [4.69, 9.17) is 33.5 Å². The van der Waals surface area contributed by atoms with Gasteiger partial charge in [-0.05, 0) is 88.6 Å². The van der Waals surface area contributed by atoms with E-state index in [-0.39, 0.29) is 36.4 Å². The van der Waals surface area contributed by atoms with Crippen molar-refractivity contribution in [1.29, 1.82) is 0 Å². The molecule has 0 heterocycles. The second-order valence-corrected chi connectivity index (χ2v) is 19.5. The number of amides is 1. The molecule has 2 saturated carbocycles. The highest BCUT2D eigenvalue weighted by molar-refractivity contribution is 5.95.